The second kappa shape index (κ2) is 6.71. The highest BCUT2D eigenvalue weighted by Crippen LogP contribution is 2.27. The summed E-state index contributed by atoms with van der Waals surface area (Å²) in [7, 11) is 0. The summed E-state index contributed by atoms with van der Waals surface area (Å²) >= 11 is 0. The lowest BCUT2D eigenvalue weighted by Gasteiger charge is -2.17. The number of allylic oxidation sites excluding steroid dienone is 1. The Bertz CT molecular complexity index is 820. The molecule has 0 aromatic heterocycles. The van der Waals surface area contributed by atoms with Crippen molar-refractivity contribution in [2.45, 2.75) is 25.9 Å². The van der Waals surface area contributed by atoms with Crippen molar-refractivity contribution >= 4 is 17.8 Å². The third kappa shape index (κ3) is 3.38. The van der Waals surface area contributed by atoms with E-state index in [9.17, 15) is 9.59 Å². The first kappa shape index (κ1) is 16.0. The molecule has 0 unspecified atom stereocenters. The smallest absolute Gasteiger partial charge is 0.344 e. The molecule has 2 aromatic carbocycles. The molecule has 3 rings (SSSR count). The summed E-state index contributed by atoms with van der Waals surface area (Å²) in [6.07, 6.45) is 2.49. The number of Topliss-reactive ketones (excluding diaryl/α,β-unsaturated/α-hetero) is 1. The van der Waals surface area contributed by atoms with Crippen LogP contribution in [0.1, 0.15) is 34.8 Å². The molecule has 0 radical (unpaired) electrons. The van der Waals surface area contributed by atoms with Crippen LogP contribution in [-0.2, 0) is 11.2 Å². The van der Waals surface area contributed by atoms with Gasteiger partial charge in [0, 0.05) is 11.1 Å². The molecule has 4 nitrogen and oxygen atoms in total. The van der Waals surface area contributed by atoms with Crippen LogP contribution in [0.3, 0.4) is 0 Å². The number of aliphatic carboxylic acids is 1. The number of benzene rings is 2. The van der Waals surface area contributed by atoms with Crippen molar-refractivity contribution in [3.05, 3.63) is 70.8 Å². The largest absolute Gasteiger partial charge is 0.479 e. The van der Waals surface area contributed by atoms with Crippen LogP contribution >= 0.6 is 0 Å². The van der Waals surface area contributed by atoms with Gasteiger partial charge in [-0.15, -0.1) is 0 Å². The number of ether oxygens (including phenoxy) is 1. The van der Waals surface area contributed by atoms with Gasteiger partial charge in [-0.1, -0.05) is 36.4 Å². The number of carbonyl (C=O) groups is 2. The molecule has 0 saturated carbocycles. The van der Waals surface area contributed by atoms with Crippen LogP contribution in [0.5, 0.6) is 5.75 Å². The normalized spacial score (nSPS) is 16.5. The minimum absolute atomic E-state index is 0.0575. The van der Waals surface area contributed by atoms with Crippen LogP contribution in [-0.4, -0.2) is 23.0 Å². The minimum atomic E-state index is -1.02. The zero-order chi connectivity index (χ0) is 17.1. The summed E-state index contributed by atoms with van der Waals surface area (Å²) < 4.78 is 5.37. The molecule has 1 atom stereocenters. The molecular formula is C20H18O4. The van der Waals surface area contributed by atoms with Crippen molar-refractivity contribution in [3.63, 3.8) is 0 Å². The van der Waals surface area contributed by atoms with Crippen LogP contribution in [0.25, 0.3) is 6.08 Å². The number of carboxylic acid groups (broad SMARTS) is 1. The van der Waals surface area contributed by atoms with E-state index in [-0.39, 0.29) is 5.78 Å². The molecule has 0 heterocycles. The molecule has 0 saturated heterocycles. The van der Waals surface area contributed by atoms with Crippen LogP contribution in [0.15, 0.2) is 54.1 Å². The third-order valence-corrected chi connectivity index (χ3v) is 4.08. The molecule has 0 bridgehead atoms. The monoisotopic (exact) mass is 322 g/mol. The highest BCUT2D eigenvalue weighted by atomic mass is 16.5. The van der Waals surface area contributed by atoms with Gasteiger partial charge in [0.1, 0.15) is 5.75 Å². The van der Waals surface area contributed by atoms with Gasteiger partial charge in [0.2, 0.25) is 0 Å². The van der Waals surface area contributed by atoms with Gasteiger partial charge in [-0.05, 0) is 49.1 Å². The SMILES string of the molecule is C[C@@H](Oc1cccc(/C=C2\CCc3ccccc3C2=O)c1)C(=O)O. The fourth-order valence-electron chi connectivity index (χ4n) is 2.79. The molecular weight excluding hydrogens is 304 g/mol. The summed E-state index contributed by atoms with van der Waals surface area (Å²) in [4.78, 5) is 23.5. The Labute approximate surface area is 140 Å². The average molecular weight is 322 g/mol. The van der Waals surface area contributed by atoms with Crippen molar-refractivity contribution in [2.24, 2.45) is 0 Å². The Kier molecular flexibility index (Phi) is 4.47. The lowest BCUT2D eigenvalue weighted by atomic mass is 9.86. The summed E-state index contributed by atoms with van der Waals surface area (Å²) in [6, 6.07) is 14.8. The second-order valence-corrected chi connectivity index (χ2v) is 5.83. The predicted octanol–water partition coefficient (Wildman–Crippen LogP) is 3.75. The van der Waals surface area contributed by atoms with E-state index in [2.05, 4.69) is 0 Å². The number of carboxylic acids is 1. The van der Waals surface area contributed by atoms with E-state index in [0.29, 0.717) is 12.2 Å². The van der Waals surface area contributed by atoms with E-state index in [1.54, 1.807) is 18.2 Å². The molecule has 4 heteroatoms. The maximum absolute atomic E-state index is 12.6. The van der Waals surface area contributed by atoms with Gasteiger partial charge in [0.05, 0.1) is 0 Å². The highest BCUT2D eigenvalue weighted by Gasteiger charge is 2.21. The topological polar surface area (TPSA) is 63.6 Å². The molecule has 0 amide bonds. The first-order valence-electron chi connectivity index (χ1n) is 7.87. The Morgan fingerprint density at radius 3 is 2.75 bits per heavy atom. The molecule has 1 aliphatic carbocycles. The number of fused-ring (bicyclic) bond motifs is 1. The zero-order valence-corrected chi connectivity index (χ0v) is 13.4. The summed E-state index contributed by atoms with van der Waals surface area (Å²) in [5.41, 5.74) is 3.44. The van der Waals surface area contributed by atoms with E-state index >= 15 is 0 Å². The molecule has 2 aromatic rings. The average Bonchev–Trinajstić information content (AvgIpc) is 2.58. The Morgan fingerprint density at radius 1 is 1.17 bits per heavy atom. The molecule has 1 N–H and O–H groups in total. The molecule has 1 aliphatic rings. The molecule has 0 fully saturated rings. The maximum atomic E-state index is 12.6. The van der Waals surface area contributed by atoms with E-state index in [1.807, 2.05) is 36.4 Å². The number of carbonyl (C=O) groups excluding carboxylic acids is 1. The van der Waals surface area contributed by atoms with Gasteiger partial charge in [-0.3, -0.25) is 4.79 Å². The van der Waals surface area contributed by atoms with E-state index in [0.717, 1.165) is 28.7 Å². The van der Waals surface area contributed by atoms with Crippen LogP contribution in [0.4, 0.5) is 0 Å². The Hall–Kier alpha value is -2.88. The van der Waals surface area contributed by atoms with Gasteiger partial charge in [-0.25, -0.2) is 4.79 Å². The van der Waals surface area contributed by atoms with Gasteiger partial charge in [-0.2, -0.15) is 0 Å². The fourth-order valence-corrected chi connectivity index (χ4v) is 2.79. The van der Waals surface area contributed by atoms with Crippen LogP contribution in [0.2, 0.25) is 0 Å². The van der Waals surface area contributed by atoms with Crippen LogP contribution in [0, 0.1) is 0 Å². The number of hydrogen-bond acceptors (Lipinski definition) is 3. The predicted molar refractivity (Wildman–Crippen MR) is 91.2 cm³/mol. The lowest BCUT2D eigenvalue weighted by molar-refractivity contribution is -0.144. The number of hydrogen-bond donors (Lipinski definition) is 1. The molecule has 24 heavy (non-hydrogen) atoms. The standard InChI is InChI=1S/C20H18O4/c1-13(20(22)23)24-17-7-4-5-14(12-17)11-16-10-9-15-6-2-3-8-18(15)19(16)21/h2-8,11-13H,9-10H2,1H3,(H,22,23)/b16-11+/t13-/m1/s1. The molecule has 122 valence electrons. The van der Waals surface area contributed by atoms with Crippen molar-refractivity contribution < 1.29 is 19.4 Å². The minimum Gasteiger partial charge on any atom is -0.479 e. The number of ketones is 1. The highest BCUT2D eigenvalue weighted by molar-refractivity contribution is 6.13. The summed E-state index contributed by atoms with van der Waals surface area (Å²) in [5, 5.41) is 8.92. The lowest BCUT2D eigenvalue weighted by Crippen LogP contribution is -2.22. The van der Waals surface area contributed by atoms with Gasteiger partial charge >= 0.3 is 5.97 Å². The maximum Gasteiger partial charge on any atom is 0.344 e. The first-order valence-corrected chi connectivity index (χ1v) is 7.87. The molecule has 0 spiro atoms. The van der Waals surface area contributed by atoms with Gasteiger partial charge < -0.3 is 9.84 Å². The van der Waals surface area contributed by atoms with Crippen molar-refractivity contribution in [3.8, 4) is 5.75 Å². The number of aryl methyl sites for hydroxylation is 1. The van der Waals surface area contributed by atoms with E-state index in [4.69, 9.17) is 9.84 Å². The van der Waals surface area contributed by atoms with Crippen LogP contribution < -0.4 is 4.74 Å². The van der Waals surface area contributed by atoms with Crippen molar-refractivity contribution in [1.29, 1.82) is 0 Å². The van der Waals surface area contributed by atoms with E-state index < -0.39 is 12.1 Å². The van der Waals surface area contributed by atoms with E-state index in [1.165, 1.54) is 6.92 Å². The molecule has 0 aliphatic heterocycles. The summed E-state index contributed by atoms with van der Waals surface area (Å²) in [6.45, 7) is 1.48. The van der Waals surface area contributed by atoms with Gasteiger partial charge in [0.25, 0.3) is 0 Å². The zero-order valence-electron chi connectivity index (χ0n) is 13.4. The Morgan fingerprint density at radius 2 is 1.96 bits per heavy atom. The Balaban J connectivity index is 1.84. The summed E-state index contributed by atoms with van der Waals surface area (Å²) in [5.74, 6) is -0.484. The van der Waals surface area contributed by atoms with Gasteiger partial charge in [0.15, 0.2) is 11.9 Å². The first-order chi connectivity index (χ1) is 11.5. The van der Waals surface area contributed by atoms with Crippen molar-refractivity contribution in [2.75, 3.05) is 0 Å². The number of rotatable bonds is 4. The quantitative estimate of drug-likeness (QED) is 0.871. The third-order valence-electron chi connectivity index (χ3n) is 4.08. The fraction of sp³-hybridized carbons (Fsp3) is 0.200. The second-order valence-electron chi connectivity index (χ2n) is 5.83. The van der Waals surface area contributed by atoms with Crippen molar-refractivity contribution in [1.82, 2.24) is 0 Å².